The molecule has 1 aliphatic heterocycles. The van der Waals surface area contributed by atoms with Crippen LogP contribution < -0.4 is 4.90 Å². The Morgan fingerprint density at radius 3 is 2.20 bits per heavy atom. The van der Waals surface area contributed by atoms with Crippen molar-refractivity contribution in [3.63, 3.8) is 0 Å². The number of ketones is 2. The predicted octanol–water partition coefficient (Wildman–Crippen LogP) is 6.48. The number of phenolic OH excluding ortho intramolecular Hbond substituents is 1. The average molecular weight is 700 g/mol. The summed E-state index contributed by atoms with van der Waals surface area (Å²) in [4.78, 5) is 71.1. The molecule has 2 amide bonds. The highest BCUT2D eigenvalue weighted by atomic mass is 35.5. The van der Waals surface area contributed by atoms with Gasteiger partial charge < -0.3 is 15.3 Å². The second kappa shape index (κ2) is 11.9. The third kappa shape index (κ3) is 4.72. The first kappa shape index (κ1) is 32.4. The molecule has 6 atom stereocenters. The van der Waals surface area contributed by atoms with E-state index in [1.54, 1.807) is 54.6 Å². The van der Waals surface area contributed by atoms with Gasteiger partial charge in [-0.05, 0) is 66.3 Å². The number of rotatable bonds is 5. The molecule has 0 unspecified atom stereocenters. The SMILES string of the molecule is O=C(O)c1ccc(N2C(=O)[C@H]3[C@H](CC=C4[C@H]3C[C@H]3C(=O)C(c5ccccc5)=CC(=O)[C@@]3(c3ccccc3)[C@H]4c3cc(Cl)ccc3O)C2=O)cc1O. The lowest BCUT2D eigenvalue weighted by Crippen LogP contribution is -2.58. The molecule has 254 valence electrons. The van der Waals surface area contributed by atoms with Crippen molar-refractivity contribution in [3.8, 4) is 11.5 Å². The van der Waals surface area contributed by atoms with E-state index in [0.29, 0.717) is 27.3 Å². The molecule has 0 aromatic heterocycles. The lowest BCUT2D eigenvalue weighted by molar-refractivity contribution is -0.135. The first-order valence-corrected chi connectivity index (χ1v) is 17.0. The molecule has 3 N–H and O–H groups in total. The Bertz CT molecular complexity index is 2250. The van der Waals surface area contributed by atoms with Gasteiger partial charge in [-0.2, -0.15) is 0 Å². The number of hydrogen-bond donors (Lipinski definition) is 3. The average Bonchev–Trinajstić information content (AvgIpc) is 3.39. The van der Waals surface area contributed by atoms with Crippen LogP contribution in [-0.2, 0) is 24.6 Å². The Hall–Kier alpha value is -5.80. The topological polar surface area (TPSA) is 149 Å². The Kier molecular flexibility index (Phi) is 7.57. The van der Waals surface area contributed by atoms with Crippen molar-refractivity contribution in [2.45, 2.75) is 24.2 Å². The van der Waals surface area contributed by atoms with Gasteiger partial charge in [-0.3, -0.25) is 19.2 Å². The van der Waals surface area contributed by atoms with E-state index in [4.69, 9.17) is 11.6 Å². The predicted molar refractivity (Wildman–Crippen MR) is 187 cm³/mol. The number of aromatic carboxylic acids is 1. The molecular formula is C41H30ClNO8. The molecule has 1 saturated carbocycles. The molecule has 51 heavy (non-hydrogen) atoms. The monoisotopic (exact) mass is 699 g/mol. The number of carbonyl (C=O) groups is 5. The van der Waals surface area contributed by atoms with E-state index in [-0.39, 0.29) is 47.0 Å². The number of fused-ring (bicyclic) bond motifs is 4. The minimum absolute atomic E-state index is 0.0279. The molecule has 0 radical (unpaired) electrons. The summed E-state index contributed by atoms with van der Waals surface area (Å²) in [5.74, 6) is -8.19. The highest BCUT2D eigenvalue weighted by Gasteiger charge is 2.66. The van der Waals surface area contributed by atoms with Gasteiger partial charge in [0.15, 0.2) is 11.6 Å². The number of nitrogens with zero attached hydrogens (tertiary/aromatic N) is 1. The summed E-state index contributed by atoms with van der Waals surface area (Å²) < 4.78 is 0. The number of Topliss-reactive ketones (excluding diaryl/α,β-unsaturated/α-hetero) is 1. The van der Waals surface area contributed by atoms with Gasteiger partial charge in [0, 0.05) is 34.1 Å². The van der Waals surface area contributed by atoms with Gasteiger partial charge in [-0.15, -0.1) is 0 Å². The van der Waals surface area contributed by atoms with E-state index < -0.39 is 58.5 Å². The van der Waals surface area contributed by atoms with E-state index in [2.05, 4.69) is 0 Å². The lowest BCUT2D eigenvalue weighted by atomic mass is 9.44. The van der Waals surface area contributed by atoms with E-state index in [1.165, 1.54) is 24.3 Å². The quantitative estimate of drug-likeness (QED) is 0.158. The van der Waals surface area contributed by atoms with Crippen molar-refractivity contribution in [3.05, 3.63) is 142 Å². The number of allylic oxidation sites excluding steroid dienone is 4. The number of halogens is 1. The van der Waals surface area contributed by atoms with Crippen LogP contribution in [0.15, 0.2) is 115 Å². The summed E-state index contributed by atoms with van der Waals surface area (Å²) in [5.41, 5.74) is 0.492. The Morgan fingerprint density at radius 1 is 0.804 bits per heavy atom. The molecule has 2 fully saturated rings. The number of imide groups is 1. The smallest absolute Gasteiger partial charge is 0.339 e. The Morgan fingerprint density at radius 2 is 1.51 bits per heavy atom. The first-order chi connectivity index (χ1) is 24.5. The van der Waals surface area contributed by atoms with Crippen LogP contribution in [0.3, 0.4) is 0 Å². The maximum Gasteiger partial charge on any atom is 0.339 e. The van der Waals surface area contributed by atoms with Crippen LogP contribution in [0, 0.1) is 23.7 Å². The van der Waals surface area contributed by atoms with Gasteiger partial charge in [0.1, 0.15) is 17.1 Å². The molecular weight excluding hydrogens is 670 g/mol. The molecule has 10 heteroatoms. The fraction of sp³-hybridized carbons (Fsp3) is 0.195. The van der Waals surface area contributed by atoms with Gasteiger partial charge in [-0.1, -0.05) is 83.9 Å². The third-order valence-corrected chi connectivity index (χ3v) is 11.4. The largest absolute Gasteiger partial charge is 0.508 e. The van der Waals surface area contributed by atoms with E-state index >= 15 is 4.79 Å². The summed E-state index contributed by atoms with van der Waals surface area (Å²) in [6.45, 7) is 0. The zero-order valence-electron chi connectivity index (χ0n) is 26.9. The fourth-order valence-electron chi connectivity index (χ4n) is 9.07. The van der Waals surface area contributed by atoms with Crippen LogP contribution in [0.4, 0.5) is 5.69 Å². The van der Waals surface area contributed by atoms with Gasteiger partial charge in [0.05, 0.1) is 22.9 Å². The number of carboxylic acids is 1. The number of aromatic hydroxyl groups is 2. The normalized spacial score (nSPS) is 26.9. The Labute approximate surface area is 297 Å². The van der Waals surface area contributed by atoms with Gasteiger partial charge >= 0.3 is 5.97 Å². The minimum Gasteiger partial charge on any atom is -0.508 e. The number of hydrogen-bond acceptors (Lipinski definition) is 7. The molecule has 0 spiro atoms. The van der Waals surface area contributed by atoms with Crippen molar-refractivity contribution in [2.75, 3.05) is 4.90 Å². The third-order valence-electron chi connectivity index (χ3n) is 11.1. The highest BCUT2D eigenvalue weighted by molar-refractivity contribution is 6.32. The molecule has 4 aliphatic rings. The molecule has 1 saturated heterocycles. The second-order valence-electron chi connectivity index (χ2n) is 13.5. The van der Waals surface area contributed by atoms with Crippen LogP contribution in [0.2, 0.25) is 5.02 Å². The Balaban J connectivity index is 1.34. The van der Waals surface area contributed by atoms with Crippen LogP contribution in [-0.4, -0.2) is 44.7 Å². The maximum atomic E-state index is 15.1. The summed E-state index contributed by atoms with van der Waals surface area (Å²) in [7, 11) is 0. The molecule has 8 rings (SSSR count). The fourth-order valence-corrected chi connectivity index (χ4v) is 9.25. The highest BCUT2D eigenvalue weighted by Crippen LogP contribution is 2.64. The molecule has 1 heterocycles. The summed E-state index contributed by atoms with van der Waals surface area (Å²) >= 11 is 6.55. The van der Waals surface area contributed by atoms with Gasteiger partial charge in [0.25, 0.3) is 0 Å². The van der Waals surface area contributed by atoms with Crippen molar-refractivity contribution >= 4 is 52.2 Å². The molecule has 4 aromatic rings. The molecule has 4 aromatic carbocycles. The summed E-state index contributed by atoms with van der Waals surface area (Å²) in [6, 6.07) is 26.0. The molecule has 9 nitrogen and oxygen atoms in total. The number of benzene rings is 4. The van der Waals surface area contributed by atoms with Crippen LogP contribution >= 0.6 is 11.6 Å². The minimum atomic E-state index is -1.53. The number of phenols is 2. The zero-order valence-corrected chi connectivity index (χ0v) is 27.7. The van der Waals surface area contributed by atoms with Crippen LogP contribution in [0.1, 0.15) is 45.8 Å². The number of amides is 2. The van der Waals surface area contributed by atoms with Crippen molar-refractivity contribution in [1.82, 2.24) is 0 Å². The maximum absolute atomic E-state index is 15.1. The van der Waals surface area contributed by atoms with Crippen molar-refractivity contribution in [1.29, 1.82) is 0 Å². The zero-order chi connectivity index (χ0) is 35.8. The van der Waals surface area contributed by atoms with Crippen molar-refractivity contribution < 1.29 is 39.3 Å². The number of anilines is 1. The summed E-state index contributed by atoms with van der Waals surface area (Å²) in [5, 5.41) is 31.6. The second-order valence-corrected chi connectivity index (χ2v) is 13.9. The van der Waals surface area contributed by atoms with Gasteiger partial charge in [-0.25, -0.2) is 9.69 Å². The van der Waals surface area contributed by atoms with Crippen LogP contribution in [0.25, 0.3) is 5.57 Å². The standard InChI is InChI=1S/C41H30ClNO8/c42-23-11-16-32(44)30(17-23)36-25-14-15-27-35(39(49)43(38(27)48)24-12-13-26(40(50)51)33(45)18-24)29(25)19-31-37(47)28(21-7-3-1-4-8-21)20-34(46)41(31,36)22-9-5-2-6-10-22/h1-14,16-18,20,27,29,31,35-36,44-45H,15,19H2,(H,50,51)/t27-,29+,31-,35-,36+,41-/m0/s1. The van der Waals surface area contributed by atoms with E-state index in [1.807, 2.05) is 18.2 Å². The number of carbonyl (C=O) groups excluding carboxylic acids is 4. The lowest BCUT2D eigenvalue weighted by Gasteiger charge is -2.55. The van der Waals surface area contributed by atoms with Crippen LogP contribution in [0.5, 0.6) is 11.5 Å². The number of carboxylic acid groups (broad SMARTS) is 1. The first-order valence-electron chi connectivity index (χ1n) is 16.6. The van der Waals surface area contributed by atoms with E-state index in [0.717, 1.165) is 17.0 Å². The summed E-state index contributed by atoms with van der Waals surface area (Å²) in [6.07, 6.45) is 3.47. The molecule has 0 bridgehead atoms. The van der Waals surface area contributed by atoms with Crippen molar-refractivity contribution in [2.24, 2.45) is 23.7 Å². The molecule has 3 aliphatic carbocycles. The van der Waals surface area contributed by atoms with E-state index in [9.17, 15) is 34.5 Å². The van der Waals surface area contributed by atoms with Gasteiger partial charge in [0.2, 0.25) is 11.8 Å².